The first-order chi connectivity index (χ1) is 12.6. The fourth-order valence-electron chi connectivity index (χ4n) is 2.61. The van der Waals surface area contributed by atoms with Crippen LogP contribution < -0.4 is 4.90 Å². The summed E-state index contributed by atoms with van der Waals surface area (Å²) < 4.78 is 0. The maximum atomic E-state index is 12.6. The van der Waals surface area contributed by atoms with Crippen LogP contribution in [0.5, 0.6) is 0 Å². The van der Waals surface area contributed by atoms with Crippen molar-refractivity contribution in [1.29, 1.82) is 0 Å². The summed E-state index contributed by atoms with van der Waals surface area (Å²) in [7, 11) is 1.90. The van der Waals surface area contributed by atoms with Crippen molar-refractivity contribution >= 4 is 28.8 Å². The van der Waals surface area contributed by atoms with Crippen LogP contribution >= 0.6 is 11.6 Å². The number of hydrogen-bond acceptors (Lipinski definition) is 4. The Morgan fingerprint density at radius 1 is 1.15 bits per heavy atom. The average Bonchev–Trinajstić information content (AvgIpc) is 2.67. The molecule has 0 saturated carbocycles. The molecule has 0 bridgehead atoms. The Morgan fingerprint density at radius 3 is 2.65 bits per heavy atom. The van der Waals surface area contributed by atoms with Crippen LogP contribution in [-0.2, 0) is 6.42 Å². The largest absolute Gasteiger partial charge is 0.342 e. The number of halogens is 1. The van der Waals surface area contributed by atoms with Gasteiger partial charge < -0.3 is 4.90 Å². The fourth-order valence-corrected chi connectivity index (χ4v) is 2.86. The normalized spacial score (nSPS) is 10.2. The number of terminal acetylenes is 1. The van der Waals surface area contributed by atoms with Crippen molar-refractivity contribution in [1.82, 2.24) is 9.97 Å². The van der Waals surface area contributed by atoms with Gasteiger partial charge in [-0.05, 0) is 35.9 Å². The summed E-state index contributed by atoms with van der Waals surface area (Å²) in [4.78, 5) is 22.6. The molecule has 3 rings (SSSR count). The van der Waals surface area contributed by atoms with E-state index in [-0.39, 0.29) is 12.2 Å². The molecule has 1 heterocycles. The van der Waals surface area contributed by atoms with E-state index in [0.29, 0.717) is 16.1 Å². The number of rotatable bonds is 5. The Labute approximate surface area is 157 Å². The van der Waals surface area contributed by atoms with Gasteiger partial charge in [-0.15, -0.1) is 6.42 Å². The third-order valence-electron chi connectivity index (χ3n) is 3.98. The van der Waals surface area contributed by atoms with E-state index in [1.54, 1.807) is 42.7 Å². The van der Waals surface area contributed by atoms with Crippen molar-refractivity contribution in [2.45, 2.75) is 6.42 Å². The smallest absolute Gasteiger partial charge is 0.167 e. The molecule has 0 saturated heterocycles. The summed E-state index contributed by atoms with van der Waals surface area (Å²) >= 11 is 6.26. The highest BCUT2D eigenvalue weighted by molar-refractivity contribution is 6.31. The second kappa shape index (κ2) is 7.81. The lowest BCUT2D eigenvalue weighted by Gasteiger charge is -2.19. The number of ketones is 1. The molecule has 26 heavy (non-hydrogen) atoms. The Morgan fingerprint density at radius 2 is 1.92 bits per heavy atom. The summed E-state index contributed by atoms with van der Waals surface area (Å²) in [5.41, 5.74) is 3.78. The highest BCUT2D eigenvalue weighted by atomic mass is 35.5. The van der Waals surface area contributed by atoms with Crippen LogP contribution in [0, 0.1) is 12.3 Å². The minimum atomic E-state index is -0.0129. The van der Waals surface area contributed by atoms with Gasteiger partial charge in [0.25, 0.3) is 0 Å². The van der Waals surface area contributed by atoms with E-state index in [4.69, 9.17) is 18.0 Å². The molecule has 5 heteroatoms. The van der Waals surface area contributed by atoms with E-state index in [1.165, 1.54) is 6.33 Å². The maximum absolute atomic E-state index is 12.6. The quantitative estimate of drug-likeness (QED) is 0.502. The van der Waals surface area contributed by atoms with Crippen LogP contribution in [0.25, 0.3) is 0 Å². The Kier molecular flexibility index (Phi) is 5.31. The number of carbonyl (C=O) groups is 1. The molecule has 0 amide bonds. The van der Waals surface area contributed by atoms with E-state index < -0.39 is 0 Å². The molecule has 4 nitrogen and oxygen atoms in total. The van der Waals surface area contributed by atoms with Gasteiger partial charge in [0.15, 0.2) is 5.78 Å². The summed E-state index contributed by atoms with van der Waals surface area (Å²) in [6.07, 6.45) is 10.5. The van der Waals surface area contributed by atoms with Gasteiger partial charge in [0.05, 0.1) is 18.1 Å². The van der Waals surface area contributed by atoms with E-state index >= 15 is 0 Å². The molecule has 0 unspecified atom stereocenters. The highest BCUT2D eigenvalue weighted by Crippen LogP contribution is 2.27. The number of carbonyl (C=O) groups excluding carboxylic acids is 1. The van der Waals surface area contributed by atoms with Crippen LogP contribution in [0.1, 0.15) is 21.5 Å². The molecule has 0 N–H and O–H groups in total. The van der Waals surface area contributed by atoms with Crippen molar-refractivity contribution in [2.75, 3.05) is 11.9 Å². The van der Waals surface area contributed by atoms with Gasteiger partial charge in [-0.3, -0.25) is 4.79 Å². The third-order valence-corrected chi connectivity index (χ3v) is 4.20. The molecule has 0 aliphatic heterocycles. The number of Topliss-reactive ketones (excluding diaryl/α,β-unsaturated/α-hetero) is 1. The lowest BCUT2D eigenvalue weighted by atomic mass is 10.0. The molecule has 0 fully saturated rings. The SMILES string of the molecule is C#Cc1cccc(C(=O)Cc2cc(Cl)cc(N(C)c3cncnc3)c2)c1. The zero-order valence-electron chi connectivity index (χ0n) is 14.2. The maximum Gasteiger partial charge on any atom is 0.167 e. The molecule has 2 aromatic carbocycles. The number of hydrogen-bond donors (Lipinski definition) is 0. The molecular weight excluding hydrogens is 346 g/mol. The second-order valence-corrected chi connectivity index (χ2v) is 6.23. The zero-order chi connectivity index (χ0) is 18.5. The lowest BCUT2D eigenvalue weighted by Crippen LogP contribution is -2.11. The molecule has 3 aromatic rings. The zero-order valence-corrected chi connectivity index (χ0v) is 14.9. The minimum Gasteiger partial charge on any atom is -0.342 e. The van der Waals surface area contributed by atoms with E-state index in [2.05, 4.69) is 15.9 Å². The number of anilines is 2. The molecule has 0 radical (unpaired) electrons. The van der Waals surface area contributed by atoms with Crippen molar-refractivity contribution in [2.24, 2.45) is 0 Å². The molecule has 0 atom stereocenters. The van der Waals surface area contributed by atoms with E-state index in [1.807, 2.05) is 24.1 Å². The van der Waals surface area contributed by atoms with E-state index in [0.717, 1.165) is 16.9 Å². The lowest BCUT2D eigenvalue weighted by molar-refractivity contribution is 0.0993. The van der Waals surface area contributed by atoms with Gasteiger partial charge in [0.2, 0.25) is 0 Å². The predicted molar refractivity (Wildman–Crippen MR) is 104 cm³/mol. The van der Waals surface area contributed by atoms with Crippen LogP contribution in [0.15, 0.2) is 61.2 Å². The Bertz CT molecular complexity index is 980. The monoisotopic (exact) mass is 361 g/mol. The van der Waals surface area contributed by atoms with Crippen LogP contribution in [0.3, 0.4) is 0 Å². The number of nitrogens with zero attached hydrogens (tertiary/aromatic N) is 3. The molecular formula is C21H16ClN3O. The molecule has 0 aliphatic rings. The van der Waals surface area contributed by atoms with Gasteiger partial charge in [-0.2, -0.15) is 0 Å². The van der Waals surface area contributed by atoms with Gasteiger partial charge in [0.1, 0.15) is 6.33 Å². The number of benzene rings is 2. The molecule has 0 aliphatic carbocycles. The minimum absolute atomic E-state index is 0.0129. The van der Waals surface area contributed by atoms with Crippen molar-refractivity contribution in [3.05, 3.63) is 82.9 Å². The first kappa shape index (κ1) is 17.7. The van der Waals surface area contributed by atoms with Gasteiger partial charge in [-0.25, -0.2) is 9.97 Å². The van der Waals surface area contributed by atoms with Gasteiger partial charge >= 0.3 is 0 Å². The highest BCUT2D eigenvalue weighted by Gasteiger charge is 2.12. The van der Waals surface area contributed by atoms with Crippen LogP contribution in [0.2, 0.25) is 5.02 Å². The standard InChI is InChI=1S/C21H16ClN3O/c1-3-15-5-4-6-17(7-15)21(26)10-16-8-18(22)11-19(9-16)25(2)20-12-23-14-24-13-20/h1,4-9,11-14H,10H2,2H3. The molecule has 1 aromatic heterocycles. The predicted octanol–water partition coefficient (Wildman–Crippen LogP) is 4.30. The van der Waals surface area contributed by atoms with E-state index in [9.17, 15) is 4.79 Å². The molecule has 0 spiro atoms. The first-order valence-corrected chi connectivity index (χ1v) is 8.32. The summed E-state index contributed by atoms with van der Waals surface area (Å²) in [6.45, 7) is 0. The van der Waals surface area contributed by atoms with Gasteiger partial charge in [0, 0.05) is 35.3 Å². The number of aromatic nitrogens is 2. The van der Waals surface area contributed by atoms with Crippen molar-refractivity contribution in [3.8, 4) is 12.3 Å². The van der Waals surface area contributed by atoms with Gasteiger partial charge in [-0.1, -0.05) is 29.7 Å². The summed E-state index contributed by atoms with van der Waals surface area (Å²) in [5.74, 6) is 2.53. The van der Waals surface area contributed by atoms with Crippen molar-refractivity contribution in [3.63, 3.8) is 0 Å². The molecule has 128 valence electrons. The fraction of sp³-hybridized carbons (Fsp3) is 0.0952. The second-order valence-electron chi connectivity index (χ2n) is 5.80. The van der Waals surface area contributed by atoms with Crippen LogP contribution in [0.4, 0.5) is 11.4 Å². The van der Waals surface area contributed by atoms with Crippen LogP contribution in [-0.4, -0.2) is 22.8 Å². The average molecular weight is 362 g/mol. The summed E-state index contributed by atoms with van der Waals surface area (Å²) in [6, 6.07) is 12.6. The third kappa shape index (κ3) is 4.08. The van der Waals surface area contributed by atoms with Crippen molar-refractivity contribution < 1.29 is 4.79 Å². The first-order valence-electron chi connectivity index (χ1n) is 7.95. The Balaban J connectivity index is 1.86. The topological polar surface area (TPSA) is 46.1 Å². The summed E-state index contributed by atoms with van der Waals surface area (Å²) in [5, 5.41) is 0.561. The Hall–Kier alpha value is -3.16.